The van der Waals surface area contributed by atoms with E-state index in [-0.39, 0.29) is 12.3 Å². The van der Waals surface area contributed by atoms with E-state index in [1.165, 1.54) is 0 Å². The van der Waals surface area contributed by atoms with Gasteiger partial charge in [0.2, 0.25) is 5.91 Å². The standard InChI is InChI=1S/C23H17ClN4OS2/c24-17-3-1-2-15(10-17)11-22-26-19(14-31-22)12-21(29)25-18-6-4-16(5-7-18)20-13-28-8-9-30-23(28)27-20/h1-10,13-14H,11-12H2,(H,25,29). The first-order chi connectivity index (χ1) is 15.1. The lowest BCUT2D eigenvalue weighted by atomic mass is 10.1. The first-order valence-corrected chi connectivity index (χ1v) is 11.8. The molecule has 5 rings (SSSR count). The maximum atomic E-state index is 12.5. The molecule has 5 nitrogen and oxygen atoms in total. The van der Waals surface area contributed by atoms with Gasteiger partial charge in [0.15, 0.2) is 4.96 Å². The molecular weight excluding hydrogens is 448 g/mol. The summed E-state index contributed by atoms with van der Waals surface area (Å²) in [6, 6.07) is 15.5. The largest absolute Gasteiger partial charge is 0.326 e. The minimum Gasteiger partial charge on any atom is -0.326 e. The molecule has 0 spiro atoms. The molecule has 0 saturated heterocycles. The normalized spacial score (nSPS) is 11.1. The third-order valence-electron chi connectivity index (χ3n) is 4.74. The second kappa shape index (κ2) is 8.63. The fraction of sp³-hybridized carbons (Fsp3) is 0.0870. The molecule has 0 fully saturated rings. The lowest BCUT2D eigenvalue weighted by molar-refractivity contribution is -0.115. The molecule has 0 aliphatic rings. The van der Waals surface area contributed by atoms with E-state index in [4.69, 9.17) is 11.6 Å². The van der Waals surface area contributed by atoms with Crippen LogP contribution in [-0.2, 0) is 17.6 Å². The maximum Gasteiger partial charge on any atom is 0.230 e. The molecule has 8 heteroatoms. The summed E-state index contributed by atoms with van der Waals surface area (Å²) in [7, 11) is 0. The Morgan fingerprint density at radius 2 is 1.97 bits per heavy atom. The molecule has 0 aliphatic carbocycles. The van der Waals surface area contributed by atoms with Gasteiger partial charge in [0.1, 0.15) is 0 Å². The molecule has 5 aromatic rings. The van der Waals surface area contributed by atoms with Crippen LogP contribution in [0.1, 0.15) is 16.3 Å². The van der Waals surface area contributed by atoms with Crippen molar-refractivity contribution in [2.75, 3.05) is 5.32 Å². The van der Waals surface area contributed by atoms with Crippen molar-refractivity contribution in [3.63, 3.8) is 0 Å². The fourth-order valence-electron chi connectivity index (χ4n) is 3.29. The van der Waals surface area contributed by atoms with Crippen molar-refractivity contribution in [1.82, 2.24) is 14.4 Å². The highest BCUT2D eigenvalue weighted by Crippen LogP contribution is 2.23. The number of benzene rings is 2. The molecule has 0 aliphatic heterocycles. The molecular formula is C23H17ClN4OS2. The van der Waals surface area contributed by atoms with Gasteiger partial charge in [-0.05, 0) is 29.8 Å². The molecule has 3 heterocycles. The Labute approximate surface area is 192 Å². The van der Waals surface area contributed by atoms with E-state index in [0.29, 0.717) is 11.4 Å². The summed E-state index contributed by atoms with van der Waals surface area (Å²) in [6.45, 7) is 0. The zero-order valence-corrected chi connectivity index (χ0v) is 18.7. The minimum atomic E-state index is -0.0881. The van der Waals surface area contributed by atoms with Crippen LogP contribution >= 0.6 is 34.3 Å². The number of imidazole rings is 1. The molecule has 1 N–H and O–H groups in total. The van der Waals surface area contributed by atoms with Gasteiger partial charge < -0.3 is 5.32 Å². The Balaban J connectivity index is 1.19. The fourth-order valence-corrected chi connectivity index (χ4v) is 5.03. The van der Waals surface area contributed by atoms with Gasteiger partial charge in [-0.1, -0.05) is 35.9 Å². The lowest BCUT2D eigenvalue weighted by Crippen LogP contribution is -2.14. The Morgan fingerprint density at radius 3 is 2.77 bits per heavy atom. The average molecular weight is 465 g/mol. The van der Waals surface area contributed by atoms with E-state index in [1.54, 1.807) is 22.7 Å². The van der Waals surface area contributed by atoms with Gasteiger partial charge in [0.25, 0.3) is 0 Å². The third kappa shape index (κ3) is 4.69. The highest BCUT2D eigenvalue weighted by Gasteiger charge is 2.10. The van der Waals surface area contributed by atoms with Crippen molar-refractivity contribution in [1.29, 1.82) is 0 Å². The second-order valence-electron chi connectivity index (χ2n) is 7.06. The summed E-state index contributed by atoms with van der Waals surface area (Å²) in [6.07, 6.45) is 4.94. The maximum absolute atomic E-state index is 12.5. The van der Waals surface area contributed by atoms with Gasteiger partial charge in [-0.15, -0.1) is 22.7 Å². The molecule has 3 aromatic heterocycles. The number of carbonyl (C=O) groups excluding carboxylic acids is 1. The van der Waals surface area contributed by atoms with Crippen LogP contribution in [0.3, 0.4) is 0 Å². The molecule has 0 radical (unpaired) electrons. The number of nitrogens with zero attached hydrogens (tertiary/aromatic N) is 3. The van der Waals surface area contributed by atoms with E-state index >= 15 is 0 Å². The van der Waals surface area contributed by atoms with E-state index in [2.05, 4.69) is 15.3 Å². The topological polar surface area (TPSA) is 59.3 Å². The molecule has 0 atom stereocenters. The first kappa shape index (κ1) is 19.9. The van der Waals surface area contributed by atoms with Crippen LogP contribution < -0.4 is 5.32 Å². The van der Waals surface area contributed by atoms with Gasteiger partial charge >= 0.3 is 0 Å². The van der Waals surface area contributed by atoms with Crippen molar-refractivity contribution in [2.45, 2.75) is 12.8 Å². The molecule has 0 unspecified atom stereocenters. The Morgan fingerprint density at radius 1 is 1.10 bits per heavy atom. The van der Waals surface area contributed by atoms with Crippen molar-refractivity contribution in [2.24, 2.45) is 0 Å². The monoisotopic (exact) mass is 464 g/mol. The Hall–Kier alpha value is -3.00. The number of hydrogen-bond acceptors (Lipinski definition) is 5. The number of rotatable bonds is 6. The van der Waals surface area contributed by atoms with Crippen LogP contribution in [0, 0.1) is 0 Å². The van der Waals surface area contributed by atoms with Gasteiger partial charge in [-0.2, -0.15) is 0 Å². The van der Waals surface area contributed by atoms with Crippen molar-refractivity contribution < 1.29 is 4.79 Å². The van der Waals surface area contributed by atoms with Crippen LogP contribution in [0.25, 0.3) is 16.2 Å². The van der Waals surface area contributed by atoms with Crippen molar-refractivity contribution in [3.8, 4) is 11.3 Å². The summed E-state index contributed by atoms with van der Waals surface area (Å²) in [5.74, 6) is -0.0881. The quantitative estimate of drug-likeness (QED) is 0.338. The van der Waals surface area contributed by atoms with E-state index < -0.39 is 0 Å². The SMILES string of the molecule is O=C(Cc1csc(Cc2cccc(Cl)c2)n1)Nc1ccc(-c2cn3ccsc3n2)cc1. The second-order valence-corrected chi connectivity index (χ2v) is 9.31. The summed E-state index contributed by atoms with van der Waals surface area (Å²) < 4.78 is 2.00. The number of carbonyl (C=O) groups is 1. The minimum absolute atomic E-state index is 0.0881. The number of thiazole rings is 2. The van der Waals surface area contributed by atoms with Gasteiger partial charge in [-0.3, -0.25) is 9.20 Å². The average Bonchev–Trinajstić information content (AvgIpc) is 3.45. The summed E-state index contributed by atoms with van der Waals surface area (Å²) >= 11 is 9.21. The molecule has 31 heavy (non-hydrogen) atoms. The van der Waals surface area contributed by atoms with Crippen LogP contribution in [0.4, 0.5) is 5.69 Å². The van der Waals surface area contributed by atoms with Crippen LogP contribution in [0.15, 0.2) is 71.7 Å². The van der Waals surface area contributed by atoms with E-state index in [9.17, 15) is 4.79 Å². The van der Waals surface area contributed by atoms with E-state index in [1.807, 2.05) is 76.1 Å². The summed E-state index contributed by atoms with van der Waals surface area (Å²) in [4.78, 5) is 22.6. The number of hydrogen-bond donors (Lipinski definition) is 1. The van der Waals surface area contributed by atoms with E-state index in [0.717, 1.165) is 38.2 Å². The highest BCUT2D eigenvalue weighted by molar-refractivity contribution is 7.15. The first-order valence-electron chi connectivity index (χ1n) is 9.62. The van der Waals surface area contributed by atoms with Crippen LogP contribution in [0.5, 0.6) is 0 Å². The Kier molecular flexibility index (Phi) is 5.55. The summed E-state index contributed by atoms with van der Waals surface area (Å²) in [5.41, 5.74) is 4.56. The molecule has 2 aromatic carbocycles. The lowest BCUT2D eigenvalue weighted by Gasteiger charge is -2.05. The van der Waals surface area contributed by atoms with Crippen molar-refractivity contribution >= 4 is 50.8 Å². The number of anilines is 1. The number of halogens is 1. The smallest absolute Gasteiger partial charge is 0.230 e. The zero-order valence-electron chi connectivity index (χ0n) is 16.3. The zero-order chi connectivity index (χ0) is 21.2. The Bertz CT molecular complexity index is 1320. The number of aromatic nitrogens is 3. The molecule has 154 valence electrons. The molecule has 1 amide bonds. The number of nitrogens with one attached hydrogen (secondary N) is 1. The number of amides is 1. The number of fused-ring (bicyclic) bond motifs is 1. The summed E-state index contributed by atoms with van der Waals surface area (Å²) in [5, 5.41) is 8.57. The van der Waals surface area contributed by atoms with Crippen molar-refractivity contribution in [3.05, 3.63) is 93.0 Å². The predicted octanol–water partition coefficient (Wildman–Crippen LogP) is 5.94. The van der Waals surface area contributed by atoms with Crippen LogP contribution in [0.2, 0.25) is 5.02 Å². The molecule has 0 bridgehead atoms. The van der Waals surface area contributed by atoms with Gasteiger partial charge in [0, 0.05) is 45.8 Å². The predicted molar refractivity (Wildman–Crippen MR) is 127 cm³/mol. The van der Waals surface area contributed by atoms with Gasteiger partial charge in [0.05, 0.1) is 22.8 Å². The van der Waals surface area contributed by atoms with Gasteiger partial charge in [-0.25, -0.2) is 9.97 Å². The highest BCUT2D eigenvalue weighted by atomic mass is 35.5. The van der Waals surface area contributed by atoms with Crippen LogP contribution in [-0.4, -0.2) is 20.3 Å². The third-order valence-corrected chi connectivity index (χ3v) is 6.65. The molecule has 0 saturated carbocycles.